The lowest BCUT2D eigenvalue weighted by molar-refractivity contribution is 0.0696. The van der Waals surface area contributed by atoms with E-state index in [-0.39, 0.29) is 5.01 Å². The molecule has 15 heavy (non-hydrogen) atoms. The zero-order valence-electron chi connectivity index (χ0n) is 8.64. The predicted molar refractivity (Wildman–Crippen MR) is 58.1 cm³/mol. The van der Waals surface area contributed by atoms with Gasteiger partial charge < -0.3 is 5.11 Å². The van der Waals surface area contributed by atoms with Crippen molar-refractivity contribution in [3.63, 3.8) is 0 Å². The third-order valence-corrected chi connectivity index (χ3v) is 3.51. The molecule has 2 rings (SSSR count). The second kappa shape index (κ2) is 4.28. The molecular formula is C10H14N2O2S. The monoisotopic (exact) mass is 226 g/mol. The van der Waals surface area contributed by atoms with Gasteiger partial charge >= 0.3 is 5.97 Å². The summed E-state index contributed by atoms with van der Waals surface area (Å²) < 4.78 is 0. The second-order valence-corrected chi connectivity index (χ2v) is 4.94. The number of aromatic nitrogens is 1. The van der Waals surface area contributed by atoms with E-state index in [0.717, 1.165) is 31.2 Å². The quantitative estimate of drug-likeness (QED) is 0.852. The summed E-state index contributed by atoms with van der Waals surface area (Å²) in [6.07, 6.45) is 1.23. The molecule has 0 bridgehead atoms. The molecule has 0 aromatic carbocycles. The van der Waals surface area contributed by atoms with Gasteiger partial charge in [-0.1, -0.05) is 6.92 Å². The molecular weight excluding hydrogens is 212 g/mol. The van der Waals surface area contributed by atoms with E-state index in [4.69, 9.17) is 5.11 Å². The summed E-state index contributed by atoms with van der Waals surface area (Å²) in [6, 6.07) is 0. The molecule has 0 spiro atoms. The normalized spacial score (nSPS) is 22.1. The summed E-state index contributed by atoms with van der Waals surface area (Å²) >= 11 is 1.20. The van der Waals surface area contributed by atoms with E-state index in [0.29, 0.717) is 0 Å². The highest BCUT2D eigenvalue weighted by Crippen LogP contribution is 2.18. The van der Waals surface area contributed by atoms with Gasteiger partial charge in [0.1, 0.15) is 0 Å². The molecule has 1 aromatic heterocycles. The van der Waals surface area contributed by atoms with Gasteiger partial charge in [0, 0.05) is 18.5 Å². The Kier molecular flexibility index (Phi) is 3.02. The lowest BCUT2D eigenvalue weighted by atomic mass is 10.2. The zero-order valence-corrected chi connectivity index (χ0v) is 9.46. The van der Waals surface area contributed by atoms with E-state index in [9.17, 15) is 4.79 Å². The van der Waals surface area contributed by atoms with Crippen molar-refractivity contribution in [2.75, 3.05) is 13.1 Å². The summed E-state index contributed by atoms with van der Waals surface area (Å²) in [4.78, 5) is 17.0. The van der Waals surface area contributed by atoms with Crippen LogP contribution in [0.1, 0.15) is 28.8 Å². The van der Waals surface area contributed by atoms with E-state index in [1.54, 1.807) is 0 Å². The summed E-state index contributed by atoms with van der Waals surface area (Å²) in [5.74, 6) is -0.177. The Balaban J connectivity index is 1.96. The topological polar surface area (TPSA) is 53.4 Å². The fourth-order valence-electron chi connectivity index (χ4n) is 1.88. The number of hydrogen-bond acceptors (Lipinski definition) is 4. The molecule has 0 saturated carbocycles. The molecule has 4 nitrogen and oxygen atoms in total. The van der Waals surface area contributed by atoms with Crippen molar-refractivity contribution in [1.29, 1.82) is 0 Å². The van der Waals surface area contributed by atoms with Crippen molar-refractivity contribution >= 4 is 17.3 Å². The number of nitrogens with zero attached hydrogens (tertiary/aromatic N) is 2. The minimum atomic E-state index is -0.930. The van der Waals surface area contributed by atoms with Crippen LogP contribution in [0.5, 0.6) is 0 Å². The molecule has 1 fully saturated rings. The fourth-order valence-corrected chi connectivity index (χ4v) is 2.52. The van der Waals surface area contributed by atoms with Crippen molar-refractivity contribution in [3.05, 3.63) is 16.1 Å². The van der Waals surface area contributed by atoms with Gasteiger partial charge in [-0.3, -0.25) is 4.90 Å². The molecule has 1 unspecified atom stereocenters. The lowest BCUT2D eigenvalue weighted by Crippen LogP contribution is -2.19. The molecule has 1 saturated heterocycles. The standard InChI is InChI=1S/C10H14N2O2S/c1-7-2-3-12(4-7)5-8-6-15-9(11-8)10(13)14/h6-7H,2-5H2,1H3,(H,13,14). The van der Waals surface area contributed by atoms with Gasteiger partial charge in [-0.05, 0) is 18.9 Å². The van der Waals surface area contributed by atoms with Crippen LogP contribution in [0.3, 0.4) is 0 Å². The molecule has 0 radical (unpaired) electrons. The number of carbonyl (C=O) groups is 1. The Hall–Kier alpha value is -0.940. The molecule has 0 amide bonds. The van der Waals surface area contributed by atoms with Gasteiger partial charge in [0.15, 0.2) is 0 Å². The average Bonchev–Trinajstić information content (AvgIpc) is 2.76. The molecule has 1 aliphatic heterocycles. The van der Waals surface area contributed by atoms with Crippen LogP contribution in [0, 0.1) is 5.92 Å². The van der Waals surface area contributed by atoms with Gasteiger partial charge in [-0.2, -0.15) is 0 Å². The highest BCUT2D eigenvalue weighted by atomic mass is 32.1. The SMILES string of the molecule is CC1CCN(Cc2csc(C(=O)O)n2)C1. The number of hydrogen-bond donors (Lipinski definition) is 1. The molecule has 1 N–H and O–H groups in total. The van der Waals surface area contributed by atoms with Crippen molar-refractivity contribution < 1.29 is 9.90 Å². The number of thiazole rings is 1. The van der Waals surface area contributed by atoms with Crippen LogP contribution in [0.2, 0.25) is 0 Å². The van der Waals surface area contributed by atoms with E-state index in [1.165, 1.54) is 17.8 Å². The summed E-state index contributed by atoms with van der Waals surface area (Å²) in [6.45, 7) is 5.22. The zero-order chi connectivity index (χ0) is 10.8. The smallest absolute Gasteiger partial charge is 0.365 e. The minimum Gasteiger partial charge on any atom is -0.476 e. The van der Waals surface area contributed by atoms with Crippen LogP contribution in [-0.2, 0) is 6.54 Å². The van der Waals surface area contributed by atoms with Crippen LogP contribution >= 0.6 is 11.3 Å². The maximum Gasteiger partial charge on any atom is 0.365 e. The number of rotatable bonds is 3. The van der Waals surface area contributed by atoms with Crippen LogP contribution in [-0.4, -0.2) is 34.0 Å². The van der Waals surface area contributed by atoms with E-state index < -0.39 is 5.97 Å². The molecule has 0 aliphatic carbocycles. The highest BCUT2D eigenvalue weighted by Gasteiger charge is 2.19. The maximum absolute atomic E-state index is 10.6. The van der Waals surface area contributed by atoms with E-state index in [1.807, 2.05) is 5.38 Å². The van der Waals surface area contributed by atoms with Crippen molar-refractivity contribution in [2.24, 2.45) is 5.92 Å². The average molecular weight is 226 g/mol. The van der Waals surface area contributed by atoms with Gasteiger partial charge in [-0.25, -0.2) is 9.78 Å². The minimum absolute atomic E-state index is 0.192. The number of aromatic carboxylic acids is 1. The van der Waals surface area contributed by atoms with Crippen LogP contribution in [0.25, 0.3) is 0 Å². The van der Waals surface area contributed by atoms with Gasteiger partial charge in [0.25, 0.3) is 0 Å². The van der Waals surface area contributed by atoms with Gasteiger partial charge in [-0.15, -0.1) is 11.3 Å². The highest BCUT2D eigenvalue weighted by molar-refractivity contribution is 7.11. The summed E-state index contributed by atoms with van der Waals surface area (Å²) in [7, 11) is 0. The van der Waals surface area contributed by atoms with Gasteiger partial charge in [0.2, 0.25) is 5.01 Å². The molecule has 1 aliphatic rings. The summed E-state index contributed by atoms with van der Waals surface area (Å²) in [5.41, 5.74) is 0.881. The first-order valence-electron chi connectivity index (χ1n) is 5.05. The molecule has 2 heterocycles. The van der Waals surface area contributed by atoms with Crippen LogP contribution in [0.4, 0.5) is 0 Å². The van der Waals surface area contributed by atoms with Crippen molar-refractivity contribution in [2.45, 2.75) is 19.9 Å². The fraction of sp³-hybridized carbons (Fsp3) is 0.600. The molecule has 5 heteroatoms. The van der Waals surface area contributed by atoms with Gasteiger partial charge in [0.05, 0.1) is 5.69 Å². The maximum atomic E-state index is 10.6. The first kappa shape index (κ1) is 10.6. The first-order chi connectivity index (χ1) is 7.15. The summed E-state index contributed by atoms with van der Waals surface area (Å²) in [5, 5.41) is 10.8. The second-order valence-electron chi connectivity index (χ2n) is 4.08. The Morgan fingerprint density at radius 1 is 1.80 bits per heavy atom. The first-order valence-corrected chi connectivity index (χ1v) is 5.93. The van der Waals surface area contributed by atoms with E-state index >= 15 is 0 Å². The number of likely N-dealkylation sites (tertiary alicyclic amines) is 1. The van der Waals surface area contributed by atoms with E-state index in [2.05, 4.69) is 16.8 Å². The third kappa shape index (κ3) is 2.54. The van der Waals surface area contributed by atoms with Crippen LogP contribution < -0.4 is 0 Å². The third-order valence-electron chi connectivity index (χ3n) is 2.63. The Morgan fingerprint density at radius 2 is 2.60 bits per heavy atom. The Labute approximate surface area is 92.6 Å². The molecule has 82 valence electrons. The lowest BCUT2D eigenvalue weighted by Gasteiger charge is -2.12. The molecule has 1 aromatic rings. The van der Waals surface area contributed by atoms with Crippen molar-refractivity contribution in [1.82, 2.24) is 9.88 Å². The number of carboxylic acid groups (broad SMARTS) is 1. The Bertz CT molecular complexity index is 364. The largest absolute Gasteiger partial charge is 0.476 e. The van der Waals surface area contributed by atoms with Crippen molar-refractivity contribution in [3.8, 4) is 0 Å². The van der Waals surface area contributed by atoms with Crippen LogP contribution in [0.15, 0.2) is 5.38 Å². The predicted octanol–water partition coefficient (Wildman–Crippen LogP) is 1.68. The Morgan fingerprint density at radius 3 is 3.13 bits per heavy atom. The number of carboxylic acids is 1. The molecule has 1 atom stereocenters.